The van der Waals surface area contributed by atoms with Crippen molar-refractivity contribution in [3.8, 4) is 0 Å². The predicted molar refractivity (Wildman–Crippen MR) is 55.9 cm³/mol. The van der Waals surface area contributed by atoms with E-state index in [1.807, 2.05) is 13.8 Å². The molecule has 1 atom stereocenters. The minimum absolute atomic E-state index is 0.104. The van der Waals surface area contributed by atoms with Crippen molar-refractivity contribution in [2.75, 3.05) is 0 Å². The van der Waals surface area contributed by atoms with Crippen LogP contribution in [0.15, 0.2) is 0 Å². The summed E-state index contributed by atoms with van der Waals surface area (Å²) in [5.41, 5.74) is 2.28. The van der Waals surface area contributed by atoms with Crippen molar-refractivity contribution >= 4 is 5.97 Å². The average Bonchev–Trinajstić information content (AvgIpc) is 2.43. The van der Waals surface area contributed by atoms with Crippen LogP contribution in [0.1, 0.15) is 42.5 Å². The van der Waals surface area contributed by atoms with E-state index >= 15 is 0 Å². The summed E-state index contributed by atoms with van der Waals surface area (Å²) in [6.07, 6.45) is 3.27. The van der Waals surface area contributed by atoms with Crippen molar-refractivity contribution < 1.29 is 9.90 Å². The number of carbonyl (C=O) groups is 1. The second-order valence-corrected chi connectivity index (χ2v) is 4.21. The fourth-order valence-corrected chi connectivity index (χ4v) is 2.55. The van der Waals surface area contributed by atoms with Crippen LogP contribution in [-0.2, 0) is 11.2 Å². The molecule has 0 fully saturated rings. The van der Waals surface area contributed by atoms with E-state index in [1.165, 1.54) is 5.69 Å². The van der Waals surface area contributed by atoms with Gasteiger partial charge in [-0.15, -0.1) is 0 Å². The topological polar surface area (TPSA) is 55.1 Å². The normalized spacial score (nSPS) is 20.0. The highest BCUT2D eigenvalue weighted by molar-refractivity contribution is 5.67. The van der Waals surface area contributed by atoms with Gasteiger partial charge in [0.15, 0.2) is 0 Å². The summed E-state index contributed by atoms with van der Waals surface area (Å²) in [6.45, 7) is 3.96. The standard InChI is InChI=1S/C11H16N2O2/c1-7-10-5-3-4-9(6-11(14)15)13(10)8(2)12-7/h9H,3-6H2,1-2H3,(H,14,15). The van der Waals surface area contributed by atoms with Crippen LogP contribution in [0.25, 0.3) is 0 Å². The summed E-state index contributed by atoms with van der Waals surface area (Å²) in [6, 6.07) is 0.104. The number of carboxylic acids is 1. The molecule has 1 aromatic rings. The van der Waals surface area contributed by atoms with E-state index in [1.54, 1.807) is 0 Å². The Morgan fingerprint density at radius 2 is 2.33 bits per heavy atom. The molecule has 1 aromatic heterocycles. The van der Waals surface area contributed by atoms with Crippen molar-refractivity contribution in [2.45, 2.75) is 45.6 Å². The number of fused-ring (bicyclic) bond motifs is 1. The van der Waals surface area contributed by atoms with Crippen LogP contribution in [-0.4, -0.2) is 20.6 Å². The van der Waals surface area contributed by atoms with E-state index in [2.05, 4.69) is 9.55 Å². The third-order valence-corrected chi connectivity index (χ3v) is 3.11. The van der Waals surface area contributed by atoms with Crippen LogP contribution >= 0.6 is 0 Å². The lowest BCUT2D eigenvalue weighted by atomic mass is 9.99. The number of rotatable bonds is 2. The van der Waals surface area contributed by atoms with Crippen molar-refractivity contribution in [1.82, 2.24) is 9.55 Å². The van der Waals surface area contributed by atoms with Gasteiger partial charge >= 0.3 is 5.97 Å². The van der Waals surface area contributed by atoms with Crippen LogP contribution in [0.2, 0.25) is 0 Å². The quantitative estimate of drug-likeness (QED) is 0.807. The molecule has 82 valence electrons. The molecule has 0 aromatic carbocycles. The number of hydrogen-bond donors (Lipinski definition) is 1. The van der Waals surface area contributed by atoms with Gasteiger partial charge in [0, 0.05) is 11.7 Å². The molecular weight excluding hydrogens is 192 g/mol. The molecule has 0 saturated carbocycles. The van der Waals surface area contributed by atoms with Crippen LogP contribution in [0, 0.1) is 13.8 Å². The number of nitrogens with zero attached hydrogens (tertiary/aromatic N) is 2. The van der Waals surface area contributed by atoms with Gasteiger partial charge in [0.25, 0.3) is 0 Å². The lowest BCUT2D eigenvalue weighted by Crippen LogP contribution is -2.21. The molecule has 1 aliphatic heterocycles. The maximum atomic E-state index is 10.8. The highest BCUT2D eigenvalue weighted by atomic mass is 16.4. The Kier molecular flexibility index (Phi) is 2.50. The monoisotopic (exact) mass is 208 g/mol. The Labute approximate surface area is 88.9 Å². The molecule has 0 amide bonds. The molecule has 0 bridgehead atoms. The Morgan fingerprint density at radius 1 is 1.60 bits per heavy atom. The fraction of sp³-hybridized carbons (Fsp3) is 0.636. The zero-order valence-electron chi connectivity index (χ0n) is 9.16. The second-order valence-electron chi connectivity index (χ2n) is 4.21. The number of carboxylic acid groups (broad SMARTS) is 1. The summed E-state index contributed by atoms with van der Waals surface area (Å²) in [4.78, 5) is 15.2. The van der Waals surface area contributed by atoms with Gasteiger partial charge in [-0.1, -0.05) is 0 Å². The molecule has 1 aliphatic rings. The summed E-state index contributed by atoms with van der Waals surface area (Å²) in [5.74, 6) is 0.229. The predicted octanol–water partition coefficient (Wildman–Crippen LogP) is 1.85. The third-order valence-electron chi connectivity index (χ3n) is 3.11. The van der Waals surface area contributed by atoms with Gasteiger partial charge < -0.3 is 9.67 Å². The van der Waals surface area contributed by atoms with Crippen molar-refractivity contribution in [2.24, 2.45) is 0 Å². The number of aliphatic carboxylic acids is 1. The highest BCUT2D eigenvalue weighted by Gasteiger charge is 2.25. The van der Waals surface area contributed by atoms with Crippen LogP contribution < -0.4 is 0 Å². The van der Waals surface area contributed by atoms with Crippen LogP contribution in [0.5, 0.6) is 0 Å². The summed E-state index contributed by atoms with van der Waals surface area (Å²) >= 11 is 0. The Bertz CT molecular complexity index is 396. The molecule has 4 heteroatoms. The van der Waals surface area contributed by atoms with Crippen LogP contribution in [0.3, 0.4) is 0 Å². The largest absolute Gasteiger partial charge is 0.481 e. The fourth-order valence-electron chi connectivity index (χ4n) is 2.55. The minimum atomic E-state index is -0.724. The number of hydrogen-bond acceptors (Lipinski definition) is 2. The molecule has 1 unspecified atom stereocenters. The lowest BCUT2D eigenvalue weighted by Gasteiger charge is -2.25. The summed E-state index contributed by atoms with van der Waals surface area (Å²) in [7, 11) is 0. The molecule has 2 rings (SSSR count). The van der Waals surface area contributed by atoms with E-state index in [-0.39, 0.29) is 12.5 Å². The second kappa shape index (κ2) is 3.68. The third kappa shape index (κ3) is 1.76. The number of aryl methyl sites for hydroxylation is 2. The lowest BCUT2D eigenvalue weighted by molar-refractivity contribution is -0.138. The van der Waals surface area contributed by atoms with E-state index in [0.29, 0.717) is 0 Å². The first-order chi connectivity index (χ1) is 7.09. The Morgan fingerprint density at radius 3 is 3.00 bits per heavy atom. The van der Waals surface area contributed by atoms with E-state index in [9.17, 15) is 4.79 Å². The highest BCUT2D eigenvalue weighted by Crippen LogP contribution is 2.30. The molecule has 15 heavy (non-hydrogen) atoms. The summed E-state index contributed by atoms with van der Waals surface area (Å²) in [5, 5.41) is 8.86. The van der Waals surface area contributed by atoms with E-state index in [0.717, 1.165) is 30.8 Å². The molecule has 1 N–H and O–H groups in total. The maximum absolute atomic E-state index is 10.8. The first kappa shape index (κ1) is 10.2. The van der Waals surface area contributed by atoms with Gasteiger partial charge in [-0.2, -0.15) is 0 Å². The SMILES string of the molecule is Cc1nc(C)n2c1CCCC2CC(=O)O. The number of aromatic nitrogens is 2. The minimum Gasteiger partial charge on any atom is -0.481 e. The van der Waals surface area contributed by atoms with Gasteiger partial charge in [-0.25, -0.2) is 4.98 Å². The zero-order chi connectivity index (χ0) is 11.0. The molecule has 0 spiro atoms. The van der Waals surface area contributed by atoms with Gasteiger partial charge in [-0.05, 0) is 33.1 Å². The van der Waals surface area contributed by atoms with Crippen molar-refractivity contribution in [1.29, 1.82) is 0 Å². The van der Waals surface area contributed by atoms with Gasteiger partial charge in [0.2, 0.25) is 0 Å². The first-order valence-electron chi connectivity index (χ1n) is 5.35. The van der Waals surface area contributed by atoms with Gasteiger partial charge in [0.05, 0.1) is 12.1 Å². The molecule has 2 heterocycles. The van der Waals surface area contributed by atoms with E-state index in [4.69, 9.17) is 5.11 Å². The molecule has 0 radical (unpaired) electrons. The van der Waals surface area contributed by atoms with Crippen molar-refractivity contribution in [3.63, 3.8) is 0 Å². The van der Waals surface area contributed by atoms with Crippen LogP contribution in [0.4, 0.5) is 0 Å². The maximum Gasteiger partial charge on any atom is 0.305 e. The molecule has 0 saturated heterocycles. The summed E-state index contributed by atoms with van der Waals surface area (Å²) < 4.78 is 2.12. The Balaban J connectivity index is 2.37. The Hall–Kier alpha value is -1.32. The average molecular weight is 208 g/mol. The van der Waals surface area contributed by atoms with Gasteiger partial charge in [-0.3, -0.25) is 4.79 Å². The van der Waals surface area contributed by atoms with Gasteiger partial charge in [0.1, 0.15) is 5.82 Å². The van der Waals surface area contributed by atoms with E-state index < -0.39 is 5.97 Å². The molecule has 4 nitrogen and oxygen atoms in total. The number of imidazole rings is 1. The zero-order valence-corrected chi connectivity index (χ0v) is 9.16. The molecule has 0 aliphatic carbocycles. The van der Waals surface area contributed by atoms with Crippen molar-refractivity contribution in [3.05, 3.63) is 17.2 Å². The first-order valence-corrected chi connectivity index (χ1v) is 5.35. The molecular formula is C11H16N2O2. The smallest absolute Gasteiger partial charge is 0.305 e.